The van der Waals surface area contributed by atoms with Crippen LogP contribution in [-0.4, -0.2) is 44.5 Å². The van der Waals surface area contributed by atoms with Crippen LogP contribution in [0.1, 0.15) is 19.3 Å². The lowest BCUT2D eigenvalue weighted by molar-refractivity contribution is -0.0129. The number of carbonyl (C=O) groups is 1. The van der Waals surface area contributed by atoms with Gasteiger partial charge in [-0.3, -0.25) is 0 Å². The van der Waals surface area contributed by atoms with Gasteiger partial charge in [0.1, 0.15) is 12.7 Å². The van der Waals surface area contributed by atoms with E-state index >= 15 is 0 Å². The van der Waals surface area contributed by atoms with Crippen molar-refractivity contribution in [3.05, 3.63) is 0 Å². The van der Waals surface area contributed by atoms with Crippen molar-refractivity contribution in [3.63, 3.8) is 0 Å². The van der Waals surface area contributed by atoms with Crippen LogP contribution in [0.5, 0.6) is 0 Å². The average Bonchev–Trinajstić information content (AvgIpc) is 2.22. The molecule has 1 aliphatic heterocycles. The lowest BCUT2D eigenvalue weighted by atomic mass is 9.93. The number of hydrogen-bond donors (Lipinski definition) is 2. The van der Waals surface area contributed by atoms with Gasteiger partial charge in [0.05, 0.1) is 6.61 Å². The molecule has 2 N–H and O–H groups in total. The average molecular weight is 214 g/mol. The second-order valence-corrected chi connectivity index (χ2v) is 4.07. The number of amides is 1. The van der Waals surface area contributed by atoms with E-state index in [4.69, 9.17) is 9.47 Å². The van der Waals surface area contributed by atoms with Gasteiger partial charge in [0.15, 0.2) is 0 Å². The fourth-order valence-corrected chi connectivity index (χ4v) is 1.66. The molecule has 1 unspecified atom stereocenters. The molecule has 2 fully saturated rings. The Morgan fingerprint density at radius 2 is 2.40 bits per heavy atom. The van der Waals surface area contributed by atoms with E-state index in [1.54, 1.807) is 0 Å². The van der Waals surface area contributed by atoms with Crippen molar-refractivity contribution in [3.8, 4) is 0 Å². The molecule has 2 rings (SSSR count). The Morgan fingerprint density at radius 1 is 1.53 bits per heavy atom. The first-order chi connectivity index (χ1) is 7.34. The first kappa shape index (κ1) is 10.7. The Bertz CT molecular complexity index is 213. The summed E-state index contributed by atoms with van der Waals surface area (Å²) in [5.41, 5.74) is 0. The Morgan fingerprint density at radius 3 is 3.00 bits per heavy atom. The molecule has 0 aromatic carbocycles. The third-order valence-electron chi connectivity index (χ3n) is 2.83. The minimum absolute atomic E-state index is 0.00545. The lowest BCUT2D eigenvalue weighted by Crippen LogP contribution is -2.44. The van der Waals surface area contributed by atoms with Gasteiger partial charge < -0.3 is 20.1 Å². The van der Waals surface area contributed by atoms with Crippen LogP contribution in [0.15, 0.2) is 0 Å². The summed E-state index contributed by atoms with van der Waals surface area (Å²) in [5, 5.41) is 6.00. The smallest absolute Gasteiger partial charge is 0.407 e. The van der Waals surface area contributed by atoms with Crippen LogP contribution < -0.4 is 10.6 Å². The van der Waals surface area contributed by atoms with Gasteiger partial charge in [-0.1, -0.05) is 0 Å². The maximum atomic E-state index is 11.3. The van der Waals surface area contributed by atoms with Crippen LogP contribution in [0.2, 0.25) is 0 Å². The Kier molecular flexibility index (Phi) is 3.80. The summed E-state index contributed by atoms with van der Waals surface area (Å²) >= 11 is 0. The molecule has 1 heterocycles. The highest BCUT2D eigenvalue weighted by molar-refractivity contribution is 5.67. The predicted octanol–water partition coefficient (Wildman–Crippen LogP) is 0.253. The second-order valence-electron chi connectivity index (χ2n) is 4.07. The number of carbonyl (C=O) groups excluding carboxylic acids is 1. The molecular formula is C10H18N2O3. The quantitative estimate of drug-likeness (QED) is 0.707. The van der Waals surface area contributed by atoms with Crippen molar-refractivity contribution >= 4 is 6.09 Å². The first-order valence-corrected chi connectivity index (χ1v) is 5.60. The van der Waals surface area contributed by atoms with Gasteiger partial charge in [0.2, 0.25) is 0 Å². The van der Waals surface area contributed by atoms with Crippen LogP contribution in [0.4, 0.5) is 4.79 Å². The molecule has 15 heavy (non-hydrogen) atoms. The summed E-state index contributed by atoms with van der Waals surface area (Å²) in [6, 6.07) is 0.336. The maximum Gasteiger partial charge on any atom is 0.407 e. The molecule has 1 aliphatic carbocycles. The van der Waals surface area contributed by atoms with Crippen molar-refractivity contribution in [1.82, 2.24) is 10.6 Å². The van der Waals surface area contributed by atoms with Crippen LogP contribution in [0.3, 0.4) is 0 Å². The second kappa shape index (κ2) is 5.32. The van der Waals surface area contributed by atoms with Crippen molar-refractivity contribution in [2.75, 3.05) is 26.3 Å². The SMILES string of the molecule is O=C(NC1CCC1)OCC1CNCCO1. The highest BCUT2D eigenvalue weighted by Crippen LogP contribution is 2.17. The first-order valence-electron chi connectivity index (χ1n) is 5.60. The molecule has 0 aromatic heterocycles. The lowest BCUT2D eigenvalue weighted by Gasteiger charge is -2.27. The number of hydrogen-bond acceptors (Lipinski definition) is 4. The number of nitrogens with one attached hydrogen (secondary N) is 2. The molecule has 0 bridgehead atoms. The summed E-state index contributed by atoms with van der Waals surface area (Å²) in [4.78, 5) is 11.3. The van der Waals surface area contributed by atoms with Gasteiger partial charge >= 0.3 is 6.09 Å². The topological polar surface area (TPSA) is 59.6 Å². The van der Waals surface area contributed by atoms with Gasteiger partial charge in [0, 0.05) is 19.1 Å². The van der Waals surface area contributed by atoms with Crippen LogP contribution in [-0.2, 0) is 9.47 Å². The molecule has 0 radical (unpaired) electrons. The molecule has 5 nitrogen and oxygen atoms in total. The summed E-state index contributed by atoms with van der Waals surface area (Å²) < 4.78 is 10.5. The Labute approximate surface area is 89.5 Å². The van der Waals surface area contributed by atoms with Gasteiger partial charge in [-0.25, -0.2) is 4.79 Å². The fraction of sp³-hybridized carbons (Fsp3) is 0.900. The standard InChI is InChI=1S/C10H18N2O3/c13-10(12-8-2-1-3-8)15-7-9-6-11-4-5-14-9/h8-9,11H,1-7H2,(H,12,13). The Balaban J connectivity index is 1.57. The van der Waals surface area contributed by atoms with Crippen molar-refractivity contribution in [1.29, 1.82) is 0 Å². The van der Waals surface area contributed by atoms with E-state index in [0.29, 0.717) is 19.3 Å². The normalized spacial score (nSPS) is 26.8. The number of alkyl carbamates (subject to hydrolysis) is 1. The molecule has 1 amide bonds. The number of ether oxygens (including phenoxy) is 2. The zero-order valence-corrected chi connectivity index (χ0v) is 8.83. The molecule has 1 saturated heterocycles. The van der Waals surface area contributed by atoms with Gasteiger partial charge in [-0.15, -0.1) is 0 Å². The number of rotatable bonds is 3. The summed E-state index contributed by atoms with van der Waals surface area (Å²) in [6.07, 6.45) is 3.06. The predicted molar refractivity (Wildman–Crippen MR) is 54.7 cm³/mol. The zero-order valence-electron chi connectivity index (χ0n) is 8.83. The van der Waals surface area contributed by atoms with E-state index in [9.17, 15) is 4.79 Å². The van der Waals surface area contributed by atoms with Crippen LogP contribution in [0.25, 0.3) is 0 Å². The van der Waals surface area contributed by atoms with Crippen molar-refractivity contribution in [2.24, 2.45) is 0 Å². The van der Waals surface area contributed by atoms with E-state index in [-0.39, 0.29) is 12.2 Å². The minimum atomic E-state index is -0.311. The summed E-state index contributed by atoms with van der Waals surface area (Å²) in [5.74, 6) is 0. The number of morpholine rings is 1. The maximum absolute atomic E-state index is 11.3. The highest BCUT2D eigenvalue weighted by atomic mass is 16.6. The summed E-state index contributed by atoms with van der Waals surface area (Å²) in [7, 11) is 0. The van der Waals surface area contributed by atoms with E-state index in [1.165, 1.54) is 6.42 Å². The molecule has 0 aromatic rings. The highest BCUT2D eigenvalue weighted by Gasteiger charge is 2.21. The van der Waals surface area contributed by atoms with Gasteiger partial charge in [-0.2, -0.15) is 0 Å². The molecule has 1 saturated carbocycles. The van der Waals surface area contributed by atoms with Crippen molar-refractivity contribution in [2.45, 2.75) is 31.4 Å². The van der Waals surface area contributed by atoms with E-state index in [0.717, 1.165) is 25.9 Å². The Hall–Kier alpha value is -0.810. The third kappa shape index (κ3) is 3.35. The fourth-order valence-electron chi connectivity index (χ4n) is 1.66. The zero-order chi connectivity index (χ0) is 10.5. The molecule has 1 atom stereocenters. The molecule has 86 valence electrons. The van der Waals surface area contributed by atoms with Crippen molar-refractivity contribution < 1.29 is 14.3 Å². The monoisotopic (exact) mass is 214 g/mol. The summed E-state index contributed by atoms with van der Waals surface area (Å²) in [6.45, 7) is 2.67. The third-order valence-corrected chi connectivity index (χ3v) is 2.83. The minimum Gasteiger partial charge on any atom is -0.447 e. The molecule has 0 spiro atoms. The van der Waals surface area contributed by atoms with Crippen LogP contribution in [0, 0.1) is 0 Å². The van der Waals surface area contributed by atoms with Gasteiger partial charge in [0.25, 0.3) is 0 Å². The molecular weight excluding hydrogens is 196 g/mol. The molecule has 5 heteroatoms. The van der Waals surface area contributed by atoms with E-state index < -0.39 is 0 Å². The van der Waals surface area contributed by atoms with Gasteiger partial charge in [-0.05, 0) is 19.3 Å². The van der Waals surface area contributed by atoms with Crippen LogP contribution >= 0.6 is 0 Å². The largest absolute Gasteiger partial charge is 0.447 e. The van der Waals surface area contributed by atoms with E-state index in [2.05, 4.69) is 10.6 Å². The van der Waals surface area contributed by atoms with E-state index in [1.807, 2.05) is 0 Å². The molecule has 2 aliphatic rings.